The van der Waals surface area contributed by atoms with Crippen LogP contribution in [-0.4, -0.2) is 0 Å². The molecule has 0 spiro atoms. The highest BCUT2D eigenvalue weighted by molar-refractivity contribution is 7.69. The minimum atomic E-state index is -1.12. The summed E-state index contributed by atoms with van der Waals surface area (Å²) >= 11 is 0. The van der Waals surface area contributed by atoms with Crippen LogP contribution in [0.1, 0.15) is 11.1 Å². The molecule has 0 saturated heterocycles. The highest BCUT2D eigenvalue weighted by Gasteiger charge is 2.23. The van der Waals surface area contributed by atoms with Gasteiger partial charge < -0.3 is 9.05 Å². The maximum atomic E-state index is 7.20. The second kappa shape index (κ2) is 14.5. The average Bonchev–Trinajstić information content (AvgIpc) is 3.18. The molecule has 0 fully saturated rings. The first kappa shape index (κ1) is 31.0. The SMILES string of the molecule is c1ccc(P(Oc2ccc3ccccc3c2Cc2c(OP(c3ccccc3)c3ccccc3)ccc3ccccc23)c2ccccc2)cc1. The molecule has 0 aliphatic rings. The molecule has 0 radical (unpaired) electrons. The summed E-state index contributed by atoms with van der Waals surface area (Å²) in [7, 11) is -2.24. The third kappa shape index (κ3) is 6.72. The zero-order valence-electron chi connectivity index (χ0n) is 26.9. The van der Waals surface area contributed by atoms with Gasteiger partial charge in [-0.3, -0.25) is 0 Å². The van der Waals surface area contributed by atoms with Crippen molar-refractivity contribution >= 4 is 59.1 Å². The van der Waals surface area contributed by atoms with Crippen LogP contribution in [0.15, 0.2) is 194 Å². The molecular weight excluding hydrogens is 634 g/mol. The quantitative estimate of drug-likeness (QED) is 0.135. The van der Waals surface area contributed by atoms with E-state index in [1.807, 2.05) is 0 Å². The van der Waals surface area contributed by atoms with Gasteiger partial charge in [0, 0.05) is 38.8 Å². The molecule has 8 aromatic rings. The van der Waals surface area contributed by atoms with Crippen molar-refractivity contribution in [3.8, 4) is 11.5 Å². The molecule has 0 aliphatic heterocycles. The van der Waals surface area contributed by atoms with Gasteiger partial charge in [-0.15, -0.1) is 0 Å². The van der Waals surface area contributed by atoms with E-state index in [1.165, 1.54) is 42.8 Å². The highest BCUT2D eigenvalue weighted by atomic mass is 31.1. The number of rotatable bonds is 10. The van der Waals surface area contributed by atoms with Crippen LogP contribution in [0.5, 0.6) is 11.5 Å². The van der Waals surface area contributed by atoms with Crippen molar-refractivity contribution in [1.29, 1.82) is 0 Å². The Morgan fingerprint density at radius 2 is 0.612 bits per heavy atom. The van der Waals surface area contributed by atoms with Crippen molar-refractivity contribution in [1.82, 2.24) is 0 Å². The predicted octanol–water partition coefficient (Wildman–Crippen LogP) is 10.4. The van der Waals surface area contributed by atoms with E-state index in [0.29, 0.717) is 6.42 Å². The fraction of sp³-hybridized carbons (Fsp3) is 0.0222. The molecule has 0 aliphatic carbocycles. The maximum Gasteiger partial charge on any atom is 0.150 e. The highest BCUT2D eigenvalue weighted by Crippen LogP contribution is 2.45. The molecule has 0 saturated carbocycles. The lowest BCUT2D eigenvalue weighted by atomic mass is 9.93. The number of benzene rings is 8. The summed E-state index contributed by atoms with van der Waals surface area (Å²) in [5.41, 5.74) is 2.31. The molecule has 0 amide bonds. The van der Waals surface area contributed by atoms with Gasteiger partial charge in [-0.1, -0.05) is 182 Å². The summed E-state index contributed by atoms with van der Waals surface area (Å²) in [5, 5.41) is 9.44. The van der Waals surface area contributed by atoms with Crippen molar-refractivity contribution in [3.05, 3.63) is 205 Å². The maximum absolute atomic E-state index is 7.20. The van der Waals surface area contributed by atoms with Crippen molar-refractivity contribution in [3.63, 3.8) is 0 Å². The Balaban J connectivity index is 1.28. The van der Waals surface area contributed by atoms with Crippen molar-refractivity contribution in [2.24, 2.45) is 0 Å². The van der Waals surface area contributed by atoms with Crippen LogP contribution in [-0.2, 0) is 6.42 Å². The van der Waals surface area contributed by atoms with Gasteiger partial charge in [0.25, 0.3) is 0 Å². The first-order valence-corrected chi connectivity index (χ1v) is 19.0. The van der Waals surface area contributed by atoms with E-state index in [1.54, 1.807) is 0 Å². The zero-order valence-corrected chi connectivity index (χ0v) is 28.7. The van der Waals surface area contributed by atoms with Gasteiger partial charge in [0.1, 0.15) is 11.5 Å². The van der Waals surface area contributed by atoms with E-state index in [2.05, 4.69) is 194 Å². The van der Waals surface area contributed by atoms with E-state index in [0.717, 1.165) is 22.6 Å². The lowest BCUT2D eigenvalue weighted by Crippen LogP contribution is -2.16. The summed E-state index contributed by atoms with van der Waals surface area (Å²) in [4.78, 5) is 0. The first-order chi connectivity index (χ1) is 24.3. The largest absolute Gasteiger partial charge is 0.464 e. The molecule has 8 rings (SSSR count). The smallest absolute Gasteiger partial charge is 0.150 e. The Kier molecular flexibility index (Phi) is 9.16. The fourth-order valence-electron chi connectivity index (χ4n) is 6.30. The molecule has 49 heavy (non-hydrogen) atoms. The summed E-state index contributed by atoms with van der Waals surface area (Å²) in [6, 6.07) is 68.3. The second-order valence-electron chi connectivity index (χ2n) is 11.8. The van der Waals surface area contributed by atoms with Crippen molar-refractivity contribution < 1.29 is 9.05 Å². The number of fused-ring (bicyclic) bond motifs is 2. The van der Waals surface area contributed by atoms with Crippen LogP contribution < -0.4 is 30.3 Å². The Labute approximate surface area is 290 Å². The topological polar surface area (TPSA) is 18.5 Å². The summed E-state index contributed by atoms with van der Waals surface area (Å²) < 4.78 is 14.4. The third-order valence-electron chi connectivity index (χ3n) is 8.69. The standard InChI is InChI=1S/C45H34O2P2/c1-5-19-36(20-6-1)48(37-21-7-2-8-22-37)46-44-31-29-34-17-13-15-27-40(34)42(44)33-43-41-28-16-14-18-35(41)30-32-45(43)47-49(38-23-9-3-10-24-38)39-25-11-4-12-26-39/h1-32H,33H2. The molecular formula is C45H34O2P2. The van der Waals surface area contributed by atoms with Crippen LogP contribution in [0, 0.1) is 0 Å². The Morgan fingerprint density at radius 1 is 0.306 bits per heavy atom. The van der Waals surface area contributed by atoms with Gasteiger partial charge in [-0.25, -0.2) is 0 Å². The Hall–Kier alpha value is -5.26. The van der Waals surface area contributed by atoms with Crippen molar-refractivity contribution in [2.45, 2.75) is 6.42 Å². The van der Waals surface area contributed by atoms with Crippen LogP contribution in [0.2, 0.25) is 0 Å². The van der Waals surface area contributed by atoms with Crippen LogP contribution >= 0.6 is 16.3 Å². The molecule has 236 valence electrons. The van der Waals surface area contributed by atoms with E-state index in [9.17, 15) is 0 Å². The van der Waals surface area contributed by atoms with Gasteiger partial charge in [-0.2, -0.15) is 0 Å². The normalized spacial score (nSPS) is 11.3. The van der Waals surface area contributed by atoms with Gasteiger partial charge in [-0.05, 0) is 33.7 Å². The Bertz CT molecular complexity index is 2070. The third-order valence-corrected chi connectivity index (χ3v) is 12.5. The Morgan fingerprint density at radius 3 is 0.959 bits per heavy atom. The monoisotopic (exact) mass is 668 g/mol. The predicted molar refractivity (Wildman–Crippen MR) is 210 cm³/mol. The van der Waals surface area contributed by atoms with Gasteiger partial charge in [0.05, 0.1) is 0 Å². The van der Waals surface area contributed by atoms with Gasteiger partial charge in [0.2, 0.25) is 0 Å². The second-order valence-corrected chi connectivity index (χ2v) is 15.4. The van der Waals surface area contributed by atoms with Gasteiger partial charge in [0.15, 0.2) is 16.3 Å². The number of hydrogen-bond donors (Lipinski definition) is 0. The molecule has 4 heteroatoms. The van der Waals surface area contributed by atoms with Crippen LogP contribution in [0.3, 0.4) is 0 Å². The molecule has 2 nitrogen and oxygen atoms in total. The number of hydrogen-bond acceptors (Lipinski definition) is 2. The fourth-order valence-corrected chi connectivity index (χ4v) is 9.83. The molecule has 0 heterocycles. The van der Waals surface area contributed by atoms with E-state index in [-0.39, 0.29) is 0 Å². The summed E-state index contributed by atoms with van der Waals surface area (Å²) in [6.45, 7) is 0. The average molecular weight is 669 g/mol. The lowest BCUT2D eigenvalue weighted by molar-refractivity contribution is 0.613. The van der Waals surface area contributed by atoms with Gasteiger partial charge >= 0.3 is 0 Å². The molecule has 0 unspecified atom stereocenters. The first-order valence-electron chi connectivity index (χ1n) is 16.5. The van der Waals surface area contributed by atoms with Crippen LogP contribution in [0.4, 0.5) is 0 Å². The lowest BCUT2D eigenvalue weighted by Gasteiger charge is -2.24. The minimum Gasteiger partial charge on any atom is -0.464 e. The molecule has 0 bridgehead atoms. The molecule has 8 aromatic carbocycles. The van der Waals surface area contributed by atoms with E-state index < -0.39 is 16.3 Å². The molecule has 0 atom stereocenters. The molecule has 0 N–H and O–H groups in total. The summed E-state index contributed by atoms with van der Waals surface area (Å²) in [5.74, 6) is 1.79. The van der Waals surface area contributed by atoms with E-state index in [4.69, 9.17) is 9.05 Å². The minimum absolute atomic E-state index is 0.646. The van der Waals surface area contributed by atoms with E-state index >= 15 is 0 Å². The molecule has 0 aromatic heterocycles. The zero-order chi connectivity index (χ0) is 32.8. The summed E-state index contributed by atoms with van der Waals surface area (Å²) in [6.07, 6.45) is 0.646. The van der Waals surface area contributed by atoms with Crippen molar-refractivity contribution in [2.75, 3.05) is 0 Å². The van der Waals surface area contributed by atoms with Crippen LogP contribution in [0.25, 0.3) is 21.5 Å².